The van der Waals surface area contributed by atoms with Crippen molar-refractivity contribution in [3.05, 3.63) is 58.1 Å². The molecule has 9 heteroatoms. The van der Waals surface area contributed by atoms with Gasteiger partial charge in [-0.15, -0.1) is 0 Å². The van der Waals surface area contributed by atoms with Crippen LogP contribution in [0, 0.1) is 0 Å². The first kappa shape index (κ1) is 20.1. The fraction of sp³-hybridized carbons (Fsp3) is 0.278. The molecule has 2 aromatic rings. The van der Waals surface area contributed by atoms with Gasteiger partial charge in [-0.05, 0) is 55.3 Å². The van der Waals surface area contributed by atoms with Crippen molar-refractivity contribution in [3.63, 3.8) is 0 Å². The highest BCUT2D eigenvalue weighted by Gasteiger charge is 2.20. The maximum atomic E-state index is 12.3. The average Bonchev–Trinajstić information content (AvgIpc) is 3.14. The van der Waals surface area contributed by atoms with E-state index in [1.54, 1.807) is 6.07 Å². The van der Waals surface area contributed by atoms with Crippen LogP contribution < -0.4 is 10.0 Å². The van der Waals surface area contributed by atoms with Crippen molar-refractivity contribution in [2.75, 3.05) is 18.5 Å². The molecule has 0 aromatic heterocycles. The van der Waals surface area contributed by atoms with E-state index in [9.17, 15) is 13.2 Å². The Bertz CT molecular complexity index is 927. The first-order valence-corrected chi connectivity index (χ1v) is 10.6. The van der Waals surface area contributed by atoms with E-state index < -0.39 is 15.9 Å². The Kier molecular flexibility index (Phi) is 6.39. The first-order valence-electron chi connectivity index (χ1n) is 8.33. The predicted molar refractivity (Wildman–Crippen MR) is 105 cm³/mol. The molecule has 144 valence electrons. The largest absolute Gasteiger partial charge is 0.377 e. The maximum absolute atomic E-state index is 12.3. The van der Waals surface area contributed by atoms with E-state index in [0.29, 0.717) is 17.3 Å². The van der Waals surface area contributed by atoms with E-state index in [2.05, 4.69) is 10.0 Å². The third-order valence-electron chi connectivity index (χ3n) is 4.12. The van der Waals surface area contributed by atoms with Crippen molar-refractivity contribution in [2.24, 2.45) is 0 Å². The Labute approximate surface area is 167 Å². The number of carbonyl (C=O) groups excluding carboxylic acids is 1. The smallest absolute Gasteiger partial charge is 0.257 e. The highest BCUT2D eigenvalue weighted by Crippen LogP contribution is 2.22. The van der Waals surface area contributed by atoms with Gasteiger partial charge in [0.05, 0.1) is 21.6 Å². The van der Waals surface area contributed by atoms with Crippen LogP contribution in [-0.4, -0.2) is 33.6 Å². The lowest BCUT2D eigenvalue weighted by Gasteiger charge is -2.12. The van der Waals surface area contributed by atoms with Crippen LogP contribution in [-0.2, 0) is 14.8 Å². The second-order valence-corrected chi connectivity index (χ2v) is 8.70. The van der Waals surface area contributed by atoms with Crippen molar-refractivity contribution in [1.82, 2.24) is 4.72 Å². The van der Waals surface area contributed by atoms with Crippen LogP contribution in [0.3, 0.4) is 0 Å². The number of benzene rings is 2. The summed E-state index contributed by atoms with van der Waals surface area (Å²) in [6.07, 6.45) is 1.71. The van der Waals surface area contributed by atoms with E-state index in [0.717, 1.165) is 12.8 Å². The highest BCUT2D eigenvalue weighted by atomic mass is 35.5. The van der Waals surface area contributed by atoms with Gasteiger partial charge in [-0.3, -0.25) is 4.79 Å². The van der Waals surface area contributed by atoms with Crippen LogP contribution in [0.25, 0.3) is 0 Å². The number of rotatable bonds is 6. The standard InChI is InChI=1S/C18H18Cl2N2O4S/c19-12-3-8-16(17(20)10-12)18(23)22-13-4-6-15(7-5-13)27(24,25)21-11-14-2-1-9-26-14/h3-8,10,14,21H,1-2,9,11H2,(H,22,23). The van der Waals surface area contributed by atoms with Crippen molar-refractivity contribution in [1.29, 1.82) is 0 Å². The van der Waals surface area contributed by atoms with E-state index in [1.807, 2.05) is 0 Å². The van der Waals surface area contributed by atoms with Gasteiger partial charge in [0.2, 0.25) is 10.0 Å². The quantitative estimate of drug-likeness (QED) is 0.734. The van der Waals surface area contributed by atoms with Gasteiger partial charge >= 0.3 is 0 Å². The average molecular weight is 429 g/mol. The third-order valence-corrected chi connectivity index (χ3v) is 6.11. The van der Waals surface area contributed by atoms with E-state index >= 15 is 0 Å². The summed E-state index contributed by atoms with van der Waals surface area (Å²) in [6.45, 7) is 0.911. The lowest BCUT2D eigenvalue weighted by molar-refractivity contribution is 0.102. The van der Waals surface area contributed by atoms with Gasteiger partial charge in [0, 0.05) is 23.9 Å². The number of halogens is 2. The van der Waals surface area contributed by atoms with Gasteiger partial charge in [0.15, 0.2) is 0 Å². The molecule has 1 saturated heterocycles. The molecule has 0 spiro atoms. The Balaban J connectivity index is 1.64. The fourth-order valence-electron chi connectivity index (χ4n) is 2.68. The lowest BCUT2D eigenvalue weighted by Crippen LogP contribution is -2.31. The summed E-state index contributed by atoms with van der Waals surface area (Å²) < 4.78 is 32.6. The molecular weight excluding hydrogens is 411 g/mol. The SMILES string of the molecule is O=C(Nc1ccc(S(=O)(=O)NCC2CCCO2)cc1)c1ccc(Cl)cc1Cl. The molecule has 1 unspecified atom stereocenters. The van der Waals surface area contributed by atoms with Crippen molar-refractivity contribution in [3.8, 4) is 0 Å². The molecule has 2 aromatic carbocycles. The normalized spacial score (nSPS) is 17.0. The fourth-order valence-corrected chi connectivity index (χ4v) is 4.24. The summed E-state index contributed by atoms with van der Waals surface area (Å²) >= 11 is 11.8. The van der Waals surface area contributed by atoms with Crippen LogP contribution >= 0.6 is 23.2 Å². The second-order valence-electron chi connectivity index (χ2n) is 6.09. The Morgan fingerprint density at radius 2 is 1.89 bits per heavy atom. The summed E-state index contributed by atoms with van der Waals surface area (Å²) in [6, 6.07) is 10.5. The van der Waals surface area contributed by atoms with Gasteiger partial charge in [-0.2, -0.15) is 0 Å². The minimum atomic E-state index is -3.64. The Morgan fingerprint density at radius 1 is 1.15 bits per heavy atom. The number of carbonyl (C=O) groups is 1. The van der Waals surface area contributed by atoms with Gasteiger partial charge < -0.3 is 10.1 Å². The van der Waals surface area contributed by atoms with Crippen molar-refractivity contribution >= 4 is 44.8 Å². The molecule has 27 heavy (non-hydrogen) atoms. The van der Waals surface area contributed by atoms with E-state index in [-0.39, 0.29) is 28.1 Å². The van der Waals surface area contributed by atoms with E-state index in [1.165, 1.54) is 36.4 Å². The summed E-state index contributed by atoms with van der Waals surface area (Å²) in [7, 11) is -3.64. The molecule has 1 amide bonds. The van der Waals surface area contributed by atoms with Gasteiger partial charge in [0.25, 0.3) is 5.91 Å². The number of sulfonamides is 1. The molecule has 6 nitrogen and oxygen atoms in total. The number of nitrogens with one attached hydrogen (secondary N) is 2. The zero-order valence-corrected chi connectivity index (χ0v) is 16.6. The van der Waals surface area contributed by atoms with Crippen LogP contribution in [0.5, 0.6) is 0 Å². The molecule has 1 heterocycles. The summed E-state index contributed by atoms with van der Waals surface area (Å²) in [4.78, 5) is 12.4. The molecule has 0 aliphatic carbocycles. The Hall–Kier alpha value is -1.64. The topological polar surface area (TPSA) is 84.5 Å². The lowest BCUT2D eigenvalue weighted by atomic mass is 10.2. The predicted octanol–water partition coefficient (Wildman–Crippen LogP) is 3.70. The molecule has 0 radical (unpaired) electrons. The number of anilines is 1. The van der Waals surface area contributed by atoms with Crippen LogP contribution in [0.4, 0.5) is 5.69 Å². The third kappa shape index (κ3) is 5.21. The first-order chi connectivity index (χ1) is 12.8. The number of hydrogen-bond acceptors (Lipinski definition) is 4. The van der Waals surface area contributed by atoms with Gasteiger partial charge in [0.1, 0.15) is 0 Å². The minimum Gasteiger partial charge on any atom is -0.377 e. The molecule has 1 fully saturated rings. The van der Waals surface area contributed by atoms with Crippen LogP contribution in [0.2, 0.25) is 10.0 Å². The van der Waals surface area contributed by atoms with Crippen LogP contribution in [0.15, 0.2) is 47.4 Å². The van der Waals surface area contributed by atoms with Gasteiger partial charge in [-0.25, -0.2) is 13.1 Å². The highest BCUT2D eigenvalue weighted by molar-refractivity contribution is 7.89. The maximum Gasteiger partial charge on any atom is 0.257 e. The molecule has 1 aliphatic heterocycles. The van der Waals surface area contributed by atoms with Crippen molar-refractivity contribution in [2.45, 2.75) is 23.8 Å². The summed E-state index contributed by atoms with van der Waals surface area (Å²) in [5.41, 5.74) is 0.722. The van der Waals surface area contributed by atoms with E-state index in [4.69, 9.17) is 27.9 Å². The second kappa shape index (κ2) is 8.58. The summed E-state index contributed by atoms with van der Waals surface area (Å²) in [5, 5.41) is 3.34. The number of ether oxygens (including phenoxy) is 1. The zero-order valence-electron chi connectivity index (χ0n) is 14.2. The minimum absolute atomic E-state index is 0.0811. The van der Waals surface area contributed by atoms with Crippen molar-refractivity contribution < 1.29 is 17.9 Å². The molecule has 1 aliphatic rings. The number of hydrogen-bond donors (Lipinski definition) is 2. The zero-order chi connectivity index (χ0) is 19.4. The monoisotopic (exact) mass is 428 g/mol. The molecule has 0 saturated carbocycles. The van der Waals surface area contributed by atoms with Gasteiger partial charge in [-0.1, -0.05) is 23.2 Å². The Morgan fingerprint density at radius 3 is 2.52 bits per heavy atom. The molecule has 3 rings (SSSR count). The van der Waals surface area contributed by atoms with Crippen LogP contribution in [0.1, 0.15) is 23.2 Å². The number of amides is 1. The molecule has 0 bridgehead atoms. The molecule has 1 atom stereocenters. The summed E-state index contributed by atoms with van der Waals surface area (Å²) in [5.74, 6) is -0.413. The molecule has 2 N–H and O–H groups in total. The molecular formula is C18H18Cl2N2O4S.